The molecular weight excluding hydrogens is 211 g/mol. The van der Waals surface area contributed by atoms with Gasteiger partial charge in [-0.15, -0.1) is 0 Å². The van der Waals surface area contributed by atoms with Crippen LogP contribution in [0.3, 0.4) is 0 Å². The van der Waals surface area contributed by atoms with E-state index < -0.39 is 19.2 Å². The number of alkyl halides is 3. The molecule has 0 saturated heterocycles. The SMILES string of the molecule is OCc1cccnc1OCCC(F)(F)F. The molecule has 0 aliphatic heterocycles. The van der Waals surface area contributed by atoms with Gasteiger partial charge < -0.3 is 9.84 Å². The normalized spacial score (nSPS) is 11.5. The number of hydrogen-bond acceptors (Lipinski definition) is 3. The topological polar surface area (TPSA) is 42.4 Å². The third kappa shape index (κ3) is 4.16. The summed E-state index contributed by atoms with van der Waals surface area (Å²) in [5.74, 6) is 0.0456. The molecule has 0 aliphatic rings. The molecular formula is C9H10F3NO2. The van der Waals surface area contributed by atoms with E-state index in [1.807, 2.05) is 0 Å². The molecule has 0 amide bonds. The number of ether oxygens (including phenoxy) is 1. The van der Waals surface area contributed by atoms with Gasteiger partial charge in [-0.2, -0.15) is 13.2 Å². The van der Waals surface area contributed by atoms with Crippen LogP contribution in [0, 0.1) is 0 Å². The van der Waals surface area contributed by atoms with Crippen molar-refractivity contribution in [3.05, 3.63) is 23.9 Å². The van der Waals surface area contributed by atoms with Crippen molar-refractivity contribution in [2.45, 2.75) is 19.2 Å². The number of aromatic nitrogens is 1. The molecule has 0 unspecified atom stereocenters. The Balaban J connectivity index is 2.50. The summed E-state index contributed by atoms with van der Waals surface area (Å²) in [5, 5.41) is 8.84. The highest BCUT2D eigenvalue weighted by Crippen LogP contribution is 2.20. The second-order valence-corrected chi connectivity index (χ2v) is 2.84. The molecule has 3 nitrogen and oxygen atoms in total. The standard InChI is InChI=1S/C9H10F3NO2/c10-9(11,12)3-5-15-8-7(6-14)2-1-4-13-8/h1-2,4,14H,3,5-6H2. The minimum atomic E-state index is -4.24. The maximum Gasteiger partial charge on any atom is 0.392 e. The summed E-state index contributed by atoms with van der Waals surface area (Å²) in [5.41, 5.74) is 0.375. The molecule has 0 aromatic carbocycles. The molecule has 1 aromatic heterocycles. The van der Waals surface area contributed by atoms with Crippen molar-refractivity contribution in [2.75, 3.05) is 6.61 Å². The molecule has 1 heterocycles. The zero-order valence-corrected chi connectivity index (χ0v) is 7.79. The lowest BCUT2D eigenvalue weighted by Gasteiger charge is -2.09. The monoisotopic (exact) mass is 221 g/mol. The van der Waals surface area contributed by atoms with Gasteiger partial charge in [0.2, 0.25) is 5.88 Å². The summed E-state index contributed by atoms with van der Waals surface area (Å²) in [6, 6.07) is 3.11. The Morgan fingerprint density at radius 1 is 1.40 bits per heavy atom. The van der Waals surface area contributed by atoms with E-state index in [1.54, 1.807) is 6.07 Å². The Labute approximate surface area is 84.5 Å². The van der Waals surface area contributed by atoms with Crippen molar-refractivity contribution in [1.29, 1.82) is 0 Å². The molecule has 0 spiro atoms. The van der Waals surface area contributed by atoms with Crippen LogP contribution in [0.15, 0.2) is 18.3 Å². The van der Waals surface area contributed by atoms with Crippen LogP contribution in [0.1, 0.15) is 12.0 Å². The second-order valence-electron chi connectivity index (χ2n) is 2.84. The van der Waals surface area contributed by atoms with Crippen LogP contribution < -0.4 is 4.74 Å². The number of hydrogen-bond donors (Lipinski definition) is 1. The average molecular weight is 221 g/mol. The van der Waals surface area contributed by atoms with E-state index in [0.717, 1.165) is 0 Å². The Hall–Kier alpha value is -1.30. The first kappa shape index (κ1) is 11.8. The quantitative estimate of drug-likeness (QED) is 0.844. The Bertz CT molecular complexity index is 314. The van der Waals surface area contributed by atoms with E-state index in [9.17, 15) is 13.2 Å². The van der Waals surface area contributed by atoms with Crippen LogP contribution in [0.4, 0.5) is 13.2 Å². The summed E-state index contributed by atoms with van der Waals surface area (Å²) >= 11 is 0. The van der Waals surface area contributed by atoms with Crippen LogP contribution in [0.2, 0.25) is 0 Å². The largest absolute Gasteiger partial charge is 0.477 e. The fourth-order valence-corrected chi connectivity index (χ4v) is 0.938. The van der Waals surface area contributed by atoms with E-state index in [2.05, 4.69) is 4.98 Å². The number of aliphatic hydroxyl groups is 1. The van der Waals surface area contributed by atoms with Gasteiger partial charge in [0.15, 0.2) is 0 Å². The minimum Gasteiger partial charge on any atom is -0.477 e. The first-order chi connectivity index (χ1) is 7.03. The van der Waals surface area contributed by atoms with Crippen molar-refractivity contribution in [3.63, 3.8) is 0 Å². The van der Waals surface area contributed by atoms with Gasteiger partial charge in [-0.05, 0) is 12.1 Å². The van der Waals surface area contributed by atoms with E-state index in [0.29, 0.717) is 5.56 Å². The fourth-order valence-electron chi connectivity index (χ4n) is 0.938. The number of nitrogens with zero attached hydrogens (tertiary/aromatic N) is 1. The molecule has 0 fully saturated rings. The van der Waals surface area contributed by atoms with Gasteiger partial charge in [-0.1, -0.05) is 0 Å². The van der Waals surface area contributed by atoms with Gasteiger partial charge >= 0.3 is 6.18 Å². The molecule has 0 bridgehead atoms. The molecule has 0 atom stereocenters. The third-order valence-electron chi connectivity index (χ3n) is 1.64. The van der Waals surface area contributed by atoms with Gasteiger partial charge in [-0.3, -0.25) is 0 Å². The van der Waals surface area contributed by atoms with E-state index in [1.165, 1.54) is 12.3 Å². The maximum atomic E-state index is 11.8. The highest BCUT2D eigenvalue weighted by molar-refractivity contribution is 5.24. The number of aliphatic hydroxyl groups excluding tert-OH is 1. The lowest BCUT2D eigenvalue weighted by molar-refractivity contribution is -0.139. The molecule has 0 aliphatic carbocycles. The summed E-state index contributed by atoms with van der Waals surface area (Å²) in [6.07, 6.45) is -3.88. The predicted molar refractivity (Wildman–Crippen MR) is 46.3 cm³/mol. The Morgan fingerprint density at radius 3 is 2.73 bits per heavy atom. The lowest BCUT2D eigenvalue weighted by Crippen LogP contribution is -2.14. The van der Waals surface area contributed by atoms with E-state index in [4.69, 9.17) is 9.84 Å². The van der Waals surface area contributed by atoms with Gasteiger partial charge in [-0.25, -0.2) is 4.98 Å². The Morgan fingerprint density at radius 2 is 2.13 bits per heavy atom. The van der Waals surface area contributed by atoms with Gasteiger partial charge in [0, 0.05) is 11.8 Å². The van der Waals surface area contributed by atoms with Gasteiger partial charge in [0.05, 0.1) is 19.6 Å². The molecule has 6 heteroatoms. The summed E-state index contributed by atoms with van der Waals surface area (Å²) in [6.45, 7) is -0.803. The Kier molecular flexibility index (Phi) is 3.90. The van der Waals surface area contributed by atoms with Crippen molar-refractivity contribution < 1.29 is 23.0 Å². The van der Waals surface area contributed by atoms with Crippen molar-refractivity contribution in [2.24, 2.45) is 0 Å². The first-order valence-electron chi connectivity index (χ1n) is 4.27. The van der Waals surface area contributed by atoms with Crippen LogP contribution >= 0.6 is 0 Å². The van der Waals surface area contributed by atoms with Gasteiger partial charge in [0.1, 0.15) is 0 Å². The summed E-state index contributed by atoms with van der Waals surface area (Å²) in [4.78, 5) is 3.72. The van der Waals surface area contributed by atoms with E-state index in [-0.39, 0.29) is 12.5 Å². The lowest BCUT2D eigenvalue weighted by atomic mass is 10.3. The smallest absolute Gasteiger partial charge is 0.392 e. The third-order valence-corrected chi connectivity index (χ3v) is 1.64. The average Bonchev–Trinajstić information content (AvgIpc) is 2.16. The number of pyridine rings is 1. The fraction of sp³-hybridized carbons (Fsp3) is 0.444. The van der Waals surface area contributed by atoms with Crippen molar-refractivity contribution in [3.8, 4) is 5.88 Å². The highest BCUT2D eigenvalue weighted by atomic mass is 19.4. The van der Waals surface area contributed by atoms with Crippen LogP contribution in [-0.2, 0) is 6.61 Å². The van der Waals surface area contributed by atoms with Gasteiger partial charge in [0.25, 0.3) is 0 Å². The van der Waals surface area contributed by atoms with Crippen LogP contribution in [0.25, 0.3) is 0 Å². The number of halogens is 3. The molecule has 1 rings (SSSR count). The second kappa shape index (κ2) is 4.97. The molecule has 0 radical (unpaired) electrons. The first-order valence-corrected chi connectivity index (χ1v) is 4.27. The highest BCUT2D eigenvalue weighted by Gasteiger charge is 2.27. The zero-order chi connectivity index (χ0) is 11.3. The van der Waals surface area contributed by atoms with Crippen LogP contribution in [0.5, 0.6) is 5.88 Å². The zero-order valence-electron chi connectivity index (χ0n) is 7.79. The molecule has 1 N–H and O–H groups in total. The molecule has 1 aromatic rings. The van der Waals surface area contributed by atoms with Crippen LogP contribution in [-0.4, -0.2) is 22.9 Å². The van der Waals surface area contributed by atoms with Crippen molar-refractivity contribution >= 4 is 0 Å². The predicted octanol–water partition coefficient (Wildman–Crippen LogP) is 1.91. The summed E-state index contributed by atoms with van der Waals surface area (Å²) in [7, 11) is 0. The van der Waals surface area contributed by atoms with Crippen molar-refractivity contribution in [1.82, 2.24) is 4.98 Å². The summed E-state index contributed by atoms with van der Waals surface area (Å²) < 4.78 is 40.2. The molecule has 15 heavy (non-hydrogen) atoms. The maximum absolute atomic E-state index is 11.8. The molecule has 84 valence electrons. The van der Waals surface area contributed by atoms with E-state index >= 15 is 0 Å². The number of rotatable bonds is 4. The minimum absolute atomic E-state index is 0.0456. The molecule has 0 saturated carbocycles.